The van der Waals surface area contributed by atoms with Gasteiger partial charge < -0.3 is 22.1 Å². The van der Waals surface area contributed by atoms with Crippen molar-refractivity contribution in [1.29, 1.82) is 0 Å². The molecule has 0 aliphatic heterocycles. The van der Waals surface area contributed by atoms with Gasteiger partial charge in [-0.05, 0) is 76.7 Å². The minimum Gasteiger partial charge on any atom is -0.398 e. The molecule has 0 saturated heterocycles. The molecular formula is C29H27N10O16S5+. The summed E-state index contributed by atoms with van der Waals surface area (Å²) in [6, 6.07) is 10.7. The number of rotatable bonds is 16. The van der Waals surface area contributed by atoms with Crippen molar-refractivity contribution in [3.05, 3.63) is 84.7 Å². The number of hydrogen-bond acceptors (Lipinski definition) is 20. The molecule has 60 heavy (non-hydrogen) atoms. The van der Waals surface area contributed by atoms with Crippen molar-refractivity contribution in [3.8, 4) is 5.95 Å². The van der Waals surface area contributed by atoms with E-state index in [4.69, 9.17) is 16.0 Å². The maximum absolute atomic E-state index is 12.6. The highest BCUT2D eigenvalue weighted by atomic mass is 32.3. The fourth-order valence-electron chi connectivity index (χ4n) is 4.74. The lowest BCUT2D eigenvalue weighted by molar-refractivity contribution is -0.603. The Bertz CT molecular complexity index is 3120. The molecule has 31 heteroatoms. The van der Waals surface area contributed by atoms with E-state index < -0.39 is 107 Å². The van der Waals surface area contributed by atoms with Crippen LogP contribution in [0.1, 0.15) is 10.4 Å². The number of nitrogens with zero attached hydrogens (tertiary/aromatic N) is 6. The molecule has 0 bridgehead atoms. The number of carbonyl (C=O) groups is 1. The van der Waals surface area contributed by atoms with E-state index in [0.717, 1.165) is 36.4 Å². The fraction of sp³-hybridized carbons (Fsp3) is 0.0690. The van der Waals surface area contributed by atoms with E-state index in [1.54, 1.807) is 0 Å². The van der Waals surface area contributed by atoms with Gasteiger partial charge >= 0.3 is 28.2 Å². The third-order valence-electron chi connectivity index (χ3n) is 7.45. The fourth-order valence-corrected chi connectivity index (χ4v) is 7.98. The van der Waals surface area contributed by atoms with E-state index >= 15 is 0 Å². The minimum atomic E-state index is -5.07. The summed E-state index contributed by atoms with van der Waals surface area (Å²) in [5.41, 5.74) is 9.45. The van der Waals surface area contributed by atoms with Crippen LogP contribution in [0.4, 0.5) is 40.3 Å². The van der Waals surface area contributed by atoms with E-state index in [-0.39, 0.29) is 33.5 Å². The van der Waals surface area contributed by atoms with Crippen LogP contribution in [0.3, 0.4) is 0 Å². The molecule has 0 aliphatic rings. The number of nitrogens with two attached hydrogens (primary N) is 2. The van der Waals surface area contributed by atoms with E-state index in [1.165, 1.54) is 29.1 Å². The molecule has 2 heterocycles. The molecule has 5 rings (SSSR count). The first-order valence-electron chi connectivity index (χ1n) is 15.7. The van der Waals surface area contributed by atoms with Crippen LogP contribution in [-0.2, 0) is 54.8 Å². The quantitative estimate of drug-likeness (QED) is 0.0297. The number of hydrogen-bond donors (Lipinski definition) is 8. The van der Waals surface area contributed by atoms with Gasteiger partial charge in [-0.2, -0.15) is 38.8 Å². The van der Waals surface area contributed by atoms with Gasteiger partial charge in [-0.15, -0.1) is 10.1 Å². The Morgan fingerprint density at radius 1 is 0.683 bits per heavy atom. The van der Waals surface area contributed by atoms with E-state index in [2.05, 4.69) is 40.0 Å². The van der Waals surface area contributed by atoms with Crippen LogP contribution in [0.5, 0.6) is 0 Å². The van der Waals surface area contributed by atoms with Gasteiger partial charge in [-0.25, -0.2) is 17.2 Å². The molecule has 0 spiro atoms. The van der Waals surface area contributed by atoms with Gasteiger partial charge in [0.1, 0.15) is 15.5 Å². The molecule has 0 aliphatic carbocycles. The summed E-state index contributed by atoms with van der Waals surface area (Å²) < 4.78 is 162. The van der Waals surface area contributed by atoms with Crippen molar-refractivity contribution in [2.24, 2.45) is 16.0 Å². The zero-order valence-electron chi connectivity index (χ0n) is 29.5. The number of sulfone groups is 1. The molecule has 5 aromatic rings. The number of pyridine rings is 1. The predicted molar refractivity (Wildman–Crippen MR) is 203 cm³/mol. The number of amides is 1. The highest BCUT2D eigenvalue weighted by molar-refractivity contribution is 7.91. The van der Waals surface area contributed by atoms with Crippen LogP contribution >= 0.6 is 0 Å². The SMILES string of the molecule is NC(=O)c1cc[n+](-c2nc(Nc3cc(N)c(S(=O)(=O)O)cc3N=Nc3ccc(S(=O)(=O)CCOS(=O)(=O)O)cc3)nc(Nc3cc(S(=O)(=O)O)ccc3S(=O)(=O)O)n2)cc1. The third kappa shape index (κ3) is 11.5. The molecule has 0 radical (unpaired) electrons. The Labute approximate surface area is 339 Å². The number of nitrogens with one attached hydrogen (secondary N) is 2. The van der Waals surface area contributed by atoms with Crippen LogP contribution in [0.2, 0.25) is 0 Å². The second-order valence-electron chi connectivity index (χ2n) is 11.6. The lowest BCUT2D eigenvalue weighted by Crippen LogP contribution is -2.33. The van der Waals surface area contributed by atoms with Gasteiger partial charge in [0.25, 0.3) is 30.4 Å². The number of benzene rings is 3. The maximum Gasteiger partial charge on any atom is 0.444 e. The Morgan fingerprint density at radius 3 is 1.78 bits per heavy atom. The molecular weight excluding hydrogens is 905 g/mol. The number of carbonyl (C=O) groups excluding carboxylic acids is 1. The lowest BCUT2D eigenvalue weighted by Gasteiger charge is -2.12. The Hall–Kier alpha value is -6.16. The summed E-state index contributed by atoms with van der Waals surface area (Å²) in [5.74, 6) is -2.99. The Kier molecular flexibility index (Phi) is 12.6. The molecule has 318 valence electrons. The first kappa shape index (κ1) is 44.9. The molecule has 1 amide bonds. The van der Waals surface area contributed by atoms with Gasteiger partial charge in [0.05, 0.1) is 57.3 Å². The summed E-state index contributed by atoms with van der Waals surface area (Å²) >= 11 is 0. The Balaban J connectivity index is 1.60. The average Bonchev–Trinajstić information content (AvgIpc) is 3.12. The standard InChI is InChI=1S/C29H26N10O16S5/c30-20-14-21(22(15-25(20)59(49,50)51)38-37-17-1-3-18(4-2-17)56(41,42)12-11-55-60(52,53)54)32-27-34-28(36-29(35-27)39-9-7-16(8-10-39)26(31)40)33-23-13-19(57(43,44)45)5-6-24(23)58(46,47)48/h1-10,13-15H,11-12H2,(H9-,30,31,32,33,34,35,36,37,40,43,44,45,46,47,48,49,50,51,52,53,54)/p+1. The van der Waals surface area contributed by atoms with Gasteiger partial charge in [-0.1, -0.05) is 0 Å². The molecule has 10 N–H and O–H groups in total. The van der Waals surface area contributed by atoms with E-state index in [1.807, 2.05) is 0 Å². The number of primary amides is 1. The zero-order chi connectivity index (χ0) is 44.4. The molecule has 26 nitrogen and oxygen atoms in total. The number of anilines is 5. The third-order valence-corrected chi connectivity index (χ3v) is 12.3. The summed E-state index contributed by atoms with van der Waals surface area (Å²) in [6.07, 6.45) is 2.54. The number of aromatic nitrogens is 4. The topological polar surface area (TPSA) is 421 Å². The van der Waals surface area contributed by atoms with Crippen LogP contribution in [0.25, 0.3) is 5.95 Å². The molecule has 0 saturated carbocycles. The molecule has 3 aromatic carbocycles. The van der Waals surface area contributed by atoms with Crippen molar-refractivity contribution in [1.82, 2.24) is 15.0 Å². The van der Waals surface area contributed by atoms with Crippen LogP contribution in [0.15, 0.2) is 109 Å². The average molecular weight is 932 g/mol. The molecule has 2 aromatic heterocycles. The maximum atomic E-state index is 12.6. The smallest absolute Gasteiger partial charge is 0.398 e. The summed E-state index contributed by atoms with van der Waals surface area (Å²) in [4.78, 5) is 21.4. The van der Waals surface area contributed by atoms with Crippen molar-refractivity contribution >= 4 is 96.8 Å². The van der Waals surface area contributed by atoms with Crippen LogP contribution in [0, 0.1) is 0 Å². The summed E-state index contributed by atoms with van der Waals surface area (Å²) in [6.45, 7) is -0.890. The van der Waals surface area contributed by atoms with Crippen molar-refractivity contribution < 1.29 is 73.8 Å². The monoisotopic (exact) mass is 931 g/mol. The van der Waals surface area contributed by atoms with Gasteiger partial charge in [0.15, 0.2) is 9.84 Å². The molecule has 0 unspecified atom stereocenters. The Morgan fingerprint density at radius 2 is 1.25 bits per heavy atom. The number of nitrogen functional groups attached to an aromatic ring is 1. The molecule has 0 atom stereocenters. The van der Waals surface area contributed by atoms with Gasteiger partial charge in [0, 0.05) is 5.56 Å². The minimum absolute atomic E-state index is 0.0363. The zero-order valence-corrected chi connectivity index (χ0v) is 33.6. The highest BCUT2D eigenvalue weighted by Crippen LogP contribution is 2.36. The van der Waals surface area contributed by atoms with Crippen molar-refractivity contribution in [2.45, 2.75) is 19.6 Å². The van der Waals surface area contributed by atoms with Crippen molar-refractivity contribution in [3.63, 3.8) is 0 Å². The van der Waals surface area contributed by atoms with E-state index in [9.17, 15) is 60.5 Å². The summed E-state index contributed by atoms with van der Waals surface area (Å²) in [5, 5.41) is 13.0. The van der Waals surface area contributed by atoms with Gasteiger partial charge in [0.2, 0.25) is 5.91 Å². The second kappa shape index (κ2) is 16.8. The van der Waals surface area contributed by atoms with Crippen LogP contribution < -0.4 is 26.7 Å². The first-order chi connectivity index (χ1) is 27.7. The van der Waals surface area contributed by atoms with E-state index in [0.29, 0.717) is 18.2 Å². The predicted octanol–water partition coefficient (Wildman–Crippen LogP) is 1.07. The second-order valence-corrected chi connectivity index (χ2v) is 19.0. The highest BCUT2D eigenvalue weighted by Gasteiger charge is 2.26. The van der Waals surface area contributed by atoms with Gasteiger partial charge in [-0.3, -0.25) is 23.0 Å². The molecule has 0 fully saturated rings. The summed E-state index contributed by atoms with van der Waals surface area (Å²) in [7, 11) is -24.0. The van der Waals surface area contributed by atoms with Crippen molar-refractivity contribution in [2.75, 3.05) is 28.7 Å². The lowest BCUT2D eigenvalue weighted by atomic mass is 10.2. The number of azo groups is 1. The normalized spacial score (nSPS) is 12.7. The van der Waals surface area contributed by atoms with Crippen LogP contribution in [-0.4, -0.2) is 93.5 Å². The largest absolute Gasteiger partial charge is 0.444 e. The first-order valence-corrected chi connectivity index (χ1v) is 23.0.